The number of carbonyl (C=O) groups is 1. The molecule has 0 radical (unpaired) electrons. The molecule has 1 amide bonds. The van der Waals surface area contributed by atoms with Crippen LogP contribution in [0.3, 0.4) is 0 Å². The van der Waals surface area contributed by atoms with E-state index >= 15 is 0 Å². The van der Waals surface area contributed by atoms with Gasteiger partial charge in [0.2, 0.25) is 5.91 Å². The minimum atomic E-state index is -0.184. The van der Waals surface area contributed by atoms with Gasteiger partial charge in [0.15, 0.2) is 5.13 Å². The zero-order valence-electron chi connectivity index (χ0n) is 8.55. The first-order valence-corrected chi connectivity index (χ1v) is 6.38. The number of carbonyl (C=O) groups excluding carboxylic acids is 1. The molecular weight excluding hydrogens is 232 g/mol. The second-order valence-corrected chi connectivity index (χ2v) is 5.27. The monoisotopic (exact) mass is 244 g/mol. The lowest BCUT2D eigenvalue weighted by atomic mass is 9.93. The van der Waals surface area contributed by atoms with Gasteiger partial charge in [-0.05, 0) is 25.2 Å². The van der Waals surface area contributed by atoms with Gasteiger partial charge in [-0.15, -0.1) is 22.9 Å². The van der Waals surface area contributed by atoms with Crippen molar-refractivity contribution in [3.63, 3.8) is 0 Å². The van der Waals surface area contributed by atoms with Crippen molar-refractivity contribution >= 4 is 34.0 Å². The van der Waals surface area contributed by atoms with Crippen molar-refractivity contribution in [1.82, 2.24) is 4.98 Å². The van der Waals surface area contributed by atoms with E-state index in [-0.39, 0.29) is 11.8 Å². The largest absolute Gasteiger partial charge is 0.301 e. The molecule has 1 heterocycles. The highest BCUT2D eigenvalue weighted by Gasteiger charge is 2.20. The third kappa shape index (κ3) is 2.49. The van der Waals surface area contributed by atoms with Gasteiger partial charge in [-0.2, -0.15) is 0 Å². The number of amides is 1. The van der Waals surface area contributed by atoms with Gasteiger partial charge in [0, 0.05) is 4.88 Å². The molecule has 0 saturated carbocycles. The SMILES string of the molecule is C[C@@H]1CCc2nc(NC(=O)CCl)sc2C1. The maximum Gasteiger partial charge on any atom is 0.241 e. The zero-order valence-corrected chi connectivity index (χ0v) is 10.1. The number of alkyl halides is 1. The molecule has 0 aliphatic heterocycles. The molecule has 0 fully saturated rings. The van der Waals surface area contributed by atoms with E-state index in [4.69, 9.17) is 11.6 Å². The van der Waals surface area contributed by atoms with Crippen molar-refractivity contribution in [1.29, 1.82) is 0 Å². The maximum atomic E-state index is 11.1. The summed E-state index contributed by atoms with van der Waals surface area (Å²) in [5.41, 5.74) is 1.16. The Kier molecular flexibility index (Phi) is 3.26. The second kappa shape index (κ2) is 4.49. The molecular formula is C10H13ClN2OS. The van der Waals surface area contributed by atoms with Crippen LogP contribution in [0.15, 0.2) is 0 Å². The summed E-state index contributed by atoms with van der Waals surface area (Å²) in [4.78, 5) is 16.8. The molecule has 3 nitrogen and oxygen atoms in total. The first-order valence-electron chi connectivity index (χ1n) is 5.03. The fourth-order valence-corrected chi connectivity index (χ4v) is 3.00. The van der Waals surface area contributed by atoms with Crippen molar-refractivity contribution in [3.8, 4) is 0 Å². The van der Waals surface area contributed by atoms with E-state index in [1.54, 1.807) is 11.3 Å². The number of nitrogens with zero attached hydrogens (tertiary/aromatic N) is 1. The molecule has 1 aromatic heterocycles. The fourth-order valence-electron chi connectivity index (χ4n) is 1.75. The summed E-state index contributed by atoms with van der Waals surface area (Å²) < 4.78 is 0. The van der Waals surface area contributed by atoms with E-state index in [0.29, 0.717) is 5.13 Å². The minimum Gasteiger partial charge on any atom is -0.301 e. The van der Waals surface area contributed by atoms with Crippen LogP contribution in [0, 0.1) is 5.92 Å². The number of aromatic nitrogens is 1. The van der Waals surface area contributed by atoms with Crippen molar-refractivity contribution in [2.75, 3.05) is 11.2 Å². The Morgan fingerprint density at radius 2 is 2.53 bits per heavy atom. The third-order valence-electron chi connectivity index (χ3n) is 2.55. The quantitative estimate of drug-likeness (QED) is 0.812. The van der Waals surface area contributed by atoms with Crippen LogP contribution >= 0.6 is 22.9 Å². The van der Waals surface area contributed by atoms with Crippen LogP contribution in [0.1, 0.15) is 23.9 Å². The molecule has 1 aliphatic rings. The molecule has 2 rings (SSSR count). The topological polar surface area (TPSA) is 42.0 Å². The van der Waals surface area contributed by atoms with E-state index in [0.717, 1.165) is 24.5 Å². The molecule has 0 unspecified atom stereocenters. The van der Waals surface area contributed by atoms with E-state index in [2.05, 4.69) is 17.2 Å². The number of fused-ring (bicyclic) bond motifs is 1. The molecule has 15 heavy (non-hydrogen) atoms. The van der Waals surface area contributed by atoms with Crippen molar-refractivity contribution in [2.24, 2.45) is 5.92 Å². The van der Waals surface area contributed by atoms with Crippen LogP contribution < -0.4 is 5.32 Å². The average molecular weight is 245 g/mol. The molecule has 0 aromatic carbocycles. The molecule has 0 saturated heterocycles. The molecule has 1 aliphatic carbocycles. The Balaban J connectivity index is 2.12. The highest BCUT2D eigenvalue weighted by atomic mass is 35.5. The van der Waals surface area contributed by atoms with Crippen LogP contribution in [0.4, 0.5) is 5.13 Å². The molecule has 5 heteroatoms. The first-order chi connectivity index (χ1) is 7.19. The smallest absolute Gasteiger partial charge is 0.241 e. The third-order valence-corrected chi connectivity index (χ3v) is 3.83. The van der Waals surface area contributed by atoms with Crippen molar-refractivity contribution < 1.29 is 4.79 Å². The summed E-state index contributed by atoms with van der Waals surface area (Å²) in [6, 6.07) is 0. The van der Waals surface area contributed by atoms with Gasteiger partial charge >= 0.3 is 0 Å². The Morgan fingerprint density at radius 3 is 3.27 bits per heavy atom. The number of thiazole rings is 1. The second-order valence-electron chi connectivity index (χ2n) is 3.92. The minimum absolute atomic E-state index is 0.0132. The lowest BCUT2D eigenvalue weighted by Crippen LogP contribution is -2.12. The number of anilines is 1. The predicted octanol–water partition coefficient (Wildman–Crippen LogP) is 2.45. The predicted molar refractivity (Wildman–Crippen MR) is 62.7 cm³/mol. The van der Waals surface area contributed by atoms with Crippen LogP contribution in [-0.4, -0.2) is 16.8 Å². The Morgan fingerprint density at radius 1 is 1.73 bits per heavy atom. The lowest BCUT2D eigenvalue weighted by Gasteiger charge is -2.15. The molecule has 1 N–H and O–H groups in total. The van der Waals surface area contributed by atoms with Crippen LogP contribution in [0.2, 0.25) is 0 Å². The lowest BCUT2D eigenvalue weighted by molar-refractivity contribution is -0.113. The van der Waals surface area contributed by atoms with E-state index in [9.17, 15) is 4.79 Å². The Bertz CT molecular complexity index is 377. The van der Waals surface area contributed by atoms with Crippen LogP contribution in [0.5, 0.6) is 0 Å². The van der Waals surface area contributed by atoms with Crippen LogP contribution in [0.25, 0.3) is 0 Å². The standard InChI is InChI=1S/C10H13ClN2OS/c1-6-2-3-7-8(4-6)15-10(12-7)13-9(14)5-11/h6H,2-5H2,1H3,(H,12,13,14)/t6-/m1/s1. The van der Waals surface area contributed by atoms with Gasteiger partial charge in [0.25, 0.3) is 0 Å². The molecule has 1 aromatic rings. The average Bonchev–Trinajstić information content (AvgIpc) is 2.59. The van der Waals surface area contributed by atoms with Gasteiger partial charge in [-0.1, -0.05) is 6.92 Å². The number of nitrogens with one attached hydrogen (secondary N) is 1. The zero-order chi connectivity index (χ0) is 10.8. The summed E-state index contributed by atoms with van der Waals surface area (Å²) >= 11 is 7.00. The van der Waals surface area contributed by atoms with Gasteiger partial charge in [-0.3, -0.25) is 4.79 Å². The van der Waals surface area contributed by atoms with Gasteiger partial charge in [-0.25, -0.2) is 4.98 Å². The van der Waals surface area contributed by atoms with Gasteiger partial charge in [0.05, 0.1) is 5.69 Å². The normalized spacial score (nSPS) is 19.7. The highest BCUT2D eigenvalue weighted by molar-refractivity contribution is 7.15. The molecule has 82 valence electrons. The van der Waals surface area contributed by atoms with Gasteiger partial charge < -0.3 is 5.32 Å². The van der Waals surface area contributed by atoms with Crippen LogP contribution in [-0.2, 0) is 17.6 Å². The summed E-state index contributed by atoms with van der Waals surface area (Å²) in [5, 5.41) is 3.39. The number of halogens is 1. The maximum absolute atomic E-state index is 11.1. The first kappa shape index (κ1) is 10.9. The highest BCUT2D eigenvalue weighted by Crippen LogP contribution is 2.31. The fraction of sp³-hybridized carbons (Fsp3) is 0.600. The number of rotatable bonds is 2. The molecule has 1 atom stereocenters. The number of aryl methyl sites for hydroxylation is 1. The number of hydrogen-bond donors (Lipinski definition) is 1. The van der Waals surface area contributed by atoms with E-state index < -0.39 is 0 Å². The molecule has 0 bridgehead atoms. The van der Waals surface area contributed by atoms with E-state index in [1.807, 2.05) is 0 Å². The van der Waals surface area contributed by atoms with E-state index in [1.165, 1.54) is 11.3 Å². The Labute approximate surface area is 97.9 Å². The summed E-state index contributed by atoms with van der Waals surface area (Å²) in [6.45, 7) is 2.25. The summed E-state index contributed by atoms with van der Waals surface area (Å²) in [7, 11) is 0. The van der Waals surface area contributed by atoms with Gasteiger partial charge in [0.1, 0.15) is 5.88 Å². The summed E-state index contributed by atoms with van der Waals surface area (Å²) in [5.74, 6) is 0.533. The molecule has 0 spiro atoms. The van der Waals surface area contributed by atoms with Crippen molar-refractivity contribution in [2.45, 2.75) is 26.2 Å². The number of hydrogen-bond acceptors (Lipinski definition) is 3. The van der Waals surface area contributed by atoms with Crippen molar-refractivity contribution in [3.05, 3.63) is 10.6 Å². The summed E-state index contributed by atoms with van der Waals surface area (Å²) in [6.07, 6.45) is 3.31. The Hall–Kier alpha value is -0.610.